The molecule has 0 saturated carbocycles. The molecule has 2 aromatic rings. The second-order valence-electron chi connectivity index (χ2n) is 5.13. The molecular formula is C15H19Cl2N3O2S. The van der Waals surface area contributed by atoms with Gasteiger partial charge >= 0.3 is 0 Å². The van der Waals surface area contributed by atoms with Crippen LogP contribution >= 0.6 is 35.3 Å². The number of hydrogen-bond donors (Lipinski definition) is 2. The van der Waals surface area contributed by atoms with Crippen molar-refractivity contribution in [2.75, 3.05) is 11.9 Å². The number of carbonyl (C=O) groups excluding carboxylic acids is 1. The van der Waals surface area contributed by atoms with Crippen molar-refractivity contribution in [1.82, 2.24) is 4.98 Å². The number of halogens is 2. The number of nitrogens with two attached hydrogens (primary N) is 1. The van der Waals surface area contributed by atoms with Crippen molar-refractivity contribution in [2.45, 2.75) is 20.4 Å². The highest BCUT2D eigenvalue weighted by atomic mass is 35.5. The Morgan fingerprint density at radius 2 is 2.22 bits per heavy atom. The Balaban J connectivity index is 0.00000264. The summed E-state index contributed by atoms with van der Waals surface area (Å²) in [6.45, 7) is 5.04. The maximum atomic E-state index is 12.1. The fraction of sp³-hybridized carbons (Fsp3) is 0.333. The number of nitrogens with one attached hydrogen (secondary N) is 1. The van der Waals surface area contributed by atoms with E-state index in [9.17, 15) is 4.79 Å². The smallest absolute Gasteiger partial charge is 0.275 e. The molecule has 0 spiro atoms. The Bertz CT molecular complexity index is 662. The van der Waals surface area contributed by atoms with Gasteiger partial charge < -0.3 is 15.8 Å². The van der Waals surface area contributed by atoms with E-state index in [1.807, 2.05) is 0 Å². The Labute approximate surface area is 150 Å². The van der Waals surface area contributed by atoms with Crippen molar-refractivity contribution in [3.63, 3.8) is 0 Å². The quantitative estimate of drug-likeness (QED) is 0.800. The molecular weight excluding hydrogens is 357 g/mol. The van der Waals surface area contributed by atoms with Gasteiger partial charge in [-0.3, -0.25) is 4.79 Å². The first-order valence-electron chi connectivity index (χ1n) is 6.87. The number of anilines is 1. The molecule has 1 aromatic heterocycles. The minimum Gasteiger partial charge on any atom is -0.492 e. The zero-order valence-electron chi connectivity index (χ0n) is 12.8. The molecule has 126 valence electrons. The lowest BCUT2D eigenvalue weighted by molar-refractivity contribution is 0.102. The number of nitrogens with zero attached hydrogens (tertiary/aromatic N) is 1. The second kappa shape index (κ2) is 9.08. The molecule has 2 rings (SSSR count). The molecule has 1 heterocycles. The zero-order valence-corrected chi connectivity index (χ0v) is 15.2. The molecule has 0 radical (unpaired) electrons. The Hall–Kier alpha value is -1.34. The summed E-state index contributed by atoms with van der Waals surface area (Å²) in [6.07, 6.45) is 0. The van der Waals surface area contributed by atoms with Crippen LogP contribution in [-0.4, -0.2) is 17.5 Å². The van der Waals surface area contributed by atoms with Crippen LogP contribution in [0.25, 0.3) is 0 Å². The first kappa shape index (κ1) is 19.7. The van der Waals surface area contributed by atoms with Gasteiger partial charge in [0.1, 0.15) is 16.5 Å². The number of ether oxygens (including phenoxy) is 1. The van der Waals surface area contributed by atoms with E-state index in [-0.39, 0.29) is 18.3 Å². The van der Waals surface area contributed by atoms with Gasteiger partial charge in [0.15, 0.2) is 0 Å². The molecule has 0 aliphatic heterocycles. The van der Waals surface area contributed by atoms with Crippen LogP contribution < -0.4 is 15.8 Å². The van der Waals surface area contributed by atoms with Crippen LogP contribution in [0, 0.1) is 5.92 Å². The summed E-state index contributed by atoms with van der Waals surface area (Å²) in [5, 5.41) is 5.61. The van der Waals surface area contributed by atoms with Gasteiger partial charge in [-0.15, -0.1) is 23.7 Å². The van der Waals surface area contributed by atoms with E-state index >= 15 is 0 Å². The van der Waals surface area contributed by atoms with Crippen LogP contribution in [0.5, 0.6) is 5.75 Å². The lowest BCUT2D eigenvalue weighted by atomic mass is 10.2. The van der Waals surface area contributed by atoms with Gasteiger partial charge in [-0.1, -0.05) is 25.4 Å². The number of benzene rings is 1. The molecule has 0 unspecified atom stereocenters. The van der Waals surface area contributed by atoms with Crippen molar-refractivity contribution in [1.29, 1.82) is 0 Å². The minimum absolute atomic E-state index is 0. The number of hydrogen-bond acceptors (Lipinski definition) is 5. The fourth-order valence-corrected chi connectivity index (χ4v) is 2.55. The fourth-order valence-electron chi connectivity index (χ4n) is 1.66. The van der Waals surface area contributed by atoms with Crippen molar-refractivity contribution < 1.29 is 9.53 Å². The van der Waals surface area contributed by atoms with Gasteiger partial charge in [-0.2, -0.15) is 0 Å². The average molecular weight is 376 g/mol. The molecule has 0 aliphatic carbocycles. The molecule has 0 atom stereocenters. The first-order chi connectivity index (χ1) is 10.5. The van der Waals surface area contributed by atoms with Crippen LogP contribution in [0.4, 0.5) is 5.69 Å². The summed E-state index contributed by atoms with van der Waals surface area (Å²) in [6, 6.07) is 5.15. The molecule has 1 amide bonds. The molecule has 5 nitrogen and oxygen atoms in total. The number of aromatic nitrogens is 1. The predicted molar refractivity (Wildman–Crippen MR) is 97.0 cm³/mol. The summed E-state index contributed by atoms with van der Waals surface area (Å²) in [5.74, 6) is 0.729. The number of carbonyl (C=O) groups is 1. The first-order valence-corrected chi connectivity index (χ1v) is 8.13. The van der Waals surface area contributed by atoms with Crippen molar-refractivity contribution in [3.8, 4) is 5.75 Å². The van der Waals surface area contributed by atoms with E-state index in [1.165, 1.54) is 11.3 Å². The van der Waals surface area contributed by atoms with Crippen molar-refractivity contribution in [2.24, 2.45) is 11.7 Å². The topological polar surface area (TPSA) is 77.2 Å². The summed E-state index contributed by atoms with van der Waals surface area (Å²) in [4.78, 5) is 16.2. The van der Waals surface area contributed by atoms with Crippen LogP contribution in [0.3, 0.4) is 0 Å². The summed E-state index contributed by atoms with van der Waals surface area (Å²) < 4.78 is 5.59. The van der Waals surface area contributed by atoms with Crippen LogP contribution in [0.1, 0.15) is 29.3 Å². The van der Waals surface area contributed by atoms with E-state index in [0.717, 1.165) is 5.01 Å². The molecule has 0 fully saturated rings. The summed E-state index contributed by atoms with van der Waals surface area (Å²) in [7, 11) is 0. The van der Waals surface area contributed by atoms with Gasteiger partial charge in [-0.05, 0) is 24.1 Å². The molecule has 23 heavy (non-hydrogen) atoms. The van der Waals surface area contributed by atoms with E-state index in [1.54, 1.807) is 23.6 Å². The Morgan fingerprint density at radius 3 is 2.78 bits per heavy atom. The number of rotatable bonds is 6. The van der Waals surface area contributed by atoms with Gasteiger partial charge in [0.2, 0.25) is 0 Å². The van der Waals surface area contributed by atoms with E-state index in [2.05, 4.69) is 24.1 Å². The lowest BCUT2D eigenvalue weighted by Crippen LogP contribution is -2.13. The summed E-state index contributed by atoms with van der Waals surface area (Å²) in [5.41, 5.74) is 6.43. The van der Waals surface area contributed by atoms with Crippen LogP contribution in [0.15, 0.2) is 23.6 Å². The molecule has 3 N–H and O–H groups in total. The monoisotopic (exact) mass is 375 g/mol. The molecule has 0 saturated heterocycles. The molecule has 1 aromatic carbocycles. The van der Waals surface area contributed by atoms with Crippen molar-refractivity contribution in [3.05, 3.63) is 39.3 Å². The van der Waals surface area contributed by atoms with Gasteiger partial charge in [0.25, 0.3) is 5.91 Å². The maximum Gasteiger partial charge on any atom is 0.275 e. The third-order valence-corrected chi connectivity index (χ3v) is 3.89. The SMILES string of the molecule is CC(C)COc1ccc(NC(=O)c2csc(CN)n2)cc1Cl.Cl. The number of thiazole rings is 1. The molecule has 8 heteroatoms. The Kier molecular flexibility index (Phi) is 7.78. The van der Waals surface area contributed by atoms with Gasteiger partial charge in [0, 0.05) is 17.6 Å². The van der Waals surface area contributed by atoms with Gasteiger partial charge in [0.05, 0.1) is 11.6 Å². The number of amides is 1. The minimum atomic E-state index is -0.289. The van der Waals surface area contributed by atoms with E-state index < -0.39 is 0 Å². The third kappa shape index (κ3) is 5.66. The largest absolute Gasteiger partial charge is 0.492 e. The zero-order chi connectivity index (χ0) is 16.1. The second-order valence-corrected chi connectivity index (χ2v) is 6.48. The highest BCUT2D eigenvalue weighted by molar-refractivity contribution is 7.09. The van der Waals surface area contributed by atoms with Crippen LogP contribution in [-0.2, 0) is 6.54 Å². The molecule has 0 aliphatic rings. The van der Waals surface area contributed by atoms with Gasteiger partial charge in [-0.25, -0.2) is 4.98 Å². The third-order valence-electron chi connectivity index (χ3n) is 2.72. The highest BCUT2D eigenvalue weighted by Crippen LogP contribution is 2.28. The van der Waals surface area contributed by atoms with E-state index in [4.69, 9.17) is 22.1 Å². The Morgan fingerprint density at radius 1 is 1.48 bits per heavy atom. The summed E-state index contributed by atoms with van der Waals surface area (Å²) >= 11 is 7.52. The average Bonchev–Trinajstić information content (AvgIpc) is 2.95. The normalized spacial score (nSPS) is 10.3. The predicted octanol–water partition coefficient (Wildman–Crippen LogP) is 3.96. The highest BCUT2D eigenvalue weighted by Gasteiger charge is 2.12. The van der Waals surface area contributed by atoms with E-state index in [0.29, 0.717) is 41.2 Å². The van der Waals surface area contributed by atoms with Crippen molar-refractivity contribution >= 4 is 46.9 Å². The standard InChI is InChI=1S/C15H18ClN3O2S.ClH/c1-9(2)7-21-13-4-3-10(5-11(13)16)18-15(20)12-8-22-14(6-17)19-12;/h3-5,8-9H,6-7,17H2,1-2H3,(H,18,20);1H. The maximum absolute atomic E-state index is 12.1. The molecule has 0 bridgehead atoms. The van der Waals surface area contributed by atoms with Crippen LogP contribution in [0.2, 0.25) is 5.02 Å². The lowest BCUT2D eigenvalue weighted by Gasteiger charge is -2.11.